The summed E-state index contributed by atoms with van der Waals surface area (Å²) >= 11 is 0. The molecule has 0 radical (unpaired) electrons. The van der Waals surface area contributed by atoms with Crippen molar-refractivity contribution in [3.63, 3.8) is 0 Å². The van der Waals surface area contributed by atoms with Crippen LogP contribution in [0, 0.1) is 0 Å². The minimum absolute atomic E-state index is 0. The second-order valence-electron chi connectivity index (χ2n) is 4.31. The van der Waals surface area contributed by atoms with Gasteiger partial charge in [0.1, 0.15) is 0 Å². The average molecular weight is 279 g/mol. The van der Waals surface area contributed by atoms with E-state index in [4.69, 9.17) is 0 Å². The molecule has 0 fully saturated rings. The van der Waals surface area contributed by atoms with Crippen LogP contribution in [0.25, 0.3) is 10.8 Å². The highest BCUT2D eigenvalue weighted by Crippen LogP contribution is 2.15. The van der Waals surface area contributed by atoms with Gasteiger partial charge in [-0.25, -0.2) is 0 Å². The molecule has 2 aromatic rings. The molecule has 19 heavy (non-hydrogen) atoms. The molecule has 0 spiro atoms. The summed E-state index contributed by atoms with van der Waals surface area (Å²) in [6.45, 7) is 1.30. The first-order chi connectivity index (χ1) is 8.79. The Morgan fingerprint density at radius 1 is 1.11 bits per heavy atom. The van der Waals surface area contributed by atoms with Gasteiger partial charge in [0.05, 0.1) is 0 Å². The van der Waals surface area contributed by atoms with Crippen molar-refractivity contribution in [3.8, 4) is 0 Å². The monoisotopic (exact) mass is 278 g/mol. The maximum Gasteiger partial charge on any atom is 0.221 e. The molecule has 0 aliphatic rings. The molecule has 0 aromatic heterocycles. The van der Waals surface area contributed by atoms with Gasteiger partial charge in [-0.05, 0) is 29.4 Å². The molecular weight excluding hydrogens is 260 g/mol. The van der Waals surface area contributed by atoms with Crippen molar-refractivity contribution >= 4 is 29.1 Å². The Balaban J connectivity index is 0.00000180. The smallest absolute Gasteiger partial charge is 0.221 e. The van der Waals surface area contributed by atoms with Crippen LogP contribution in [-0.2, 0) is 11.3 Å². The van der Waals surface area contributed by atoms with Crippen molar-refractivity contribution in [2.45, 2.75) is 13.0 Å². The van der Waals surface area contributed by atoms with E-state index >= 15 is 0 Å². The molecule has 0 bridgehead atoms. The van der Waals surface area contributed by atoms with Gasteiger partial charge in [-0.15, -0.1) is 12.4 Å². The first-order valence-corrected chi connectivity index (χ1v) is 6.18. The number of amides is 1. The fourth-order valence-electron chi connectivity index (χ4n) is 1.88. The molecule has 4 heteroatoms. The van der Waals surface area contributed by atoms with E-state index in [0.29, 0.717) is 19.5 Å². The summed E-state index contributed by atoms with van der Waals surface area (Å²) in [7, 11) is 1.84. The summed E-state index contributed by atoms with van der Waals surface area (Å²) < 4.78 is 0. The summed E-state index contributed by atoms with van der Waals surface area (Å²) in [5.74, 6) is 0.0810. The number of hydrogen-bond donors (Lipinski definition) is 2. The van der Waals surface area contributed by atoms with Crippen molar-refractivity contribution < 1.29 is 4.79 Å². The van der Waals surface area contributed by atoms with Crippen LogP contribution in [0.2, 0.25) is 0 Å². The Morgan fingerprint density at radius 3 is 2.58 bits per heavy atom. The van der Waals surface area contributed by atoms with E-state index in [9.17, 15) is 4.79 Å². The van der Waals surface area contributed by atoms with Gasteiger partial charge in [-0.2, -0.15) is 0 Å². The van der Waals surface area contributed by atoms with Crippen LogP contribution < -0.4 is 10.6 Å². The topological polar surface area (TPSA) is 41.1 Å². The molecule has 0 heterocycles. The molecule has 0 atom stereocenters. The van der Waals surface area contributed by atoms with Gasteiger partial charge >= 0.3 is 0 Å². The molecule has 0 saturated carbocycles. The zero-order valence-electron chi connectivity index (χ0n) is 11.0. The molecule has 102 valence electrons. The largest absolute Gasteiger partial charge is 0.352 e. The minimum Gasteiger partial charge on any atom is -0.352 e. The lowest BCUT2D eigenvalue weighted by atomic mass is 10.1. The third-order valence-electron chi connectivity index (χ3n) is 2.91. The number of benzene rings is 2. The van der Waals surface area contributed by atoms with E-state index in [1.807, 2.05) is 19.2 Å². The first kappa shape index (κ1) is 15.5. The minimum atomic E-state index is 0. The molecule has 1 amide bonds. The van der Waals surface area contributed by atoms with E-state index < -0.39 is 0 Å². The predicted octanol–water partition coefficient (Wildman–Crippen LogP) is 2.49. The quantitative estimate of drug-likeness (QED) is 0.882. The molecule has 0 saturated heterocycles. The van der Waals surface area contributed by atoms with Crippen molar-refractivity contribution in [1.29, 1.82) is 0 Å². The molecule has 2 rings (SSSR count). The van der Waals surface area contributed by atoms with E-state index in [1.54, 1.807) is 0 Å². The van der Waals surface area contributed by atoms with Gasteiger partial charge in [0, 0.05) is 19.5 Å². The fraction of sp³-hybridized carbons (Fsp3) is 0.267. The van der Waals surface area contributed by atoms with Gasteiger partial charge in [0.25, 0.3) is 0 Å². The summed E-state index contributed by atoms with van der Waals surface area (Å²) in [6.07, 6.45) is 0.518. The number of rotatable bonds is 5. The third kappa shape index (κ3) is 4.54. The molecule has 2 N–H and O–H groups in total. The zero-order chi connectivity index (χ0) is 12.8. The Morgan fingerprint density at radius 2 is 1.84 bits per heavy atom. The Labute approximate surface area is 119 Å². The molecule has 0 aliphatic carbocycles. The normalized spacial score (nSPS) is 9.95. The van der Waals surface area contributed by atoms with Gasteiger partial charge < -0.3 is 10.6 Å². The van der Waals surface area contributed by atoms with Gasteiger partial charge in [-0.3, -0.25) is 4.79 Å². The lowest BCUT2D eigenvalue weighted by Gasteiger charge is -2.06. The highest BCUT2D eigenvalue weighted by molar-refractivity contribution is 5.85. The number of carbonyl (C=O) groups excluding carboxylic acids is 1. The van der Waals surface area contributed by atoms with Crippen molar-refractivity contribution in [3.05, 3.63) is 48.0 Å². The van der Waals surface area contributed by atoms with Crippen molar-refractivity contribution in [2.75, 3.05) is 13.6 Å². The lowest BCUT2D eigenvalue weighted by Crippen LogP contribution is -2.26. The van der Waals surface area contributed by atoms with Gasteiger partial charge in [0.15, 0.2) is 0 Å². The summed E-state index contributed by atoms with van der Waals surface area (Å²) in [5.41, 5.74) is 1.13. The summed E-state index contributed by atoms with van der Waals surface area (Å²) in [4.78, 5) is 11.5. The van der Waals surface area contributed by atoms with Crippen LogP contribution in [0.5, 0.6) is 0 Å². The number of carbonyl (C=O) groups is 1. The molecule has 0 unspecified atom stereocenters. The Kier molecular flexibility index (Phi) is 6.33. The fourth-order valence-corrected chi connectivity index (χ4v) is 1.88. The predicted molar refractivity (Wildman–Crippen MR) is 81.6 cm³/mol. The van der Waals surface area contributed by atoms with Crippen LogP contribution in [0.1, 0.15) is 12.0 Å². The number of halogens is 1. The second-order valence-corrected chi connectivity index (χ2v) is 4.31. The lowest BCUT2D eigenvalue weighted by molar-refractivity contribution is -0.121. The number of nitrogens with one attached hydrogen (secondary N) is 2. The van der Waals surface area contributed by atoms with Crippen molar-refractivity contribution in [1.82, 2.24) is 10.6 Å². The zero-order valence-corrected chi connectivity index (χ0v) is 11.8. The average Bonchev–Trinajstić information content (AvgIpc) is 2.42. The standard InChI is InChI=1S/C15H18N2O.ClH/c1-16-9-8-15(18)17-11-12-6-7-13-4-2-3-5-14(13)10-12;/h2-7,10,16H,8-9,11H2,1H3,(H,17,18);1H. The Bertz CT molecular complexity index is 542. The maximum absolute atomic E-state index is 11.5. The van der Waals surface area contributed by atoms with Crippen LogP contribution >= 0.6 is 12.4 Å². The van der Waals surface area contributed by atoms with Crippen LogP contribution in [0.4, 0.5) is 0 Å². The summed E-state index contributed by atoms with van der Waals surface area (Å²) in [6, 6.07) is 14.5. The van der Waals surface area contributed by atoms with E-state index in [-0.39, 0.29) is 18.3 Å². The molecular formula is C15H19ClN2O. The highest BCUT2D eigenvalue weighted by atomic mass is 35.5. The maximum atomic E-state index is 11.5. The molecule has 2 aromatic carbocycles. The Hall–Kier alpha value is -1.58. The van der Waals surface area contributed by atoms with E-state index in [0.717, 1.165) is 5.56 Å². The molecule has 3 nitrogen and oxygen atoms in total. The second kappa shape index (κ2) is 7.77. The first-order valence-electron chi connectivity index (χ1n) is 6.18. The van der Waals surface area contributed by atoms with Crippen LogP contribution in [0.15, 0.2) is 42.5 Å². The summed E-state index contributed by atoms with van der Waals surface area (Å²) in [5, 5.41) is 8.31. The van der Waals surface area contributed by atoms with Crippen LogP contribution in [0.3, 0.4) is 0 Å². The number of fused-ring (bicyclic) bond motifs is 1. The third-order valence-corrected chi connectivity index (χ3v) is 2.91. The number of hydrogen-bond acceptors (Lipinski definition) is 2. The van der Waals surface area contributed by atoms with E-state index in [1.165, 1.54) is 10.8 Å². The van der Waals surface area contributed by atoms with E-state index in [2.05, 4.69) is 41.0 Å². The molecule has 0 aliphatic heterocycles. The van der Waals surface area contributed by atoms with Gasteiger partial charge in [0.2, 0.25) is 5.91 Å². The van der Waals surface area contributed by atoms with Gasteiger partial charge in [-0.1, -0.05) is 36.4 Å². The van der Waals surface area contributed by atoms with Crippen molar-refractivity contribution in [2.24, 2.45) is 0 Å². The highest BCUT2D eigenvalue weighted by Gasteiger charge is 2.01. The SMILES string of the molecule is CNCCC(=O)NCc1ccc2ccccc2c1.Cl. The van der Waals surface area contributed by atoms with Crippen LogP contribution in [-0.4, -0.2) is 19.5 Å².